The standard InChI is InChI=1S/C22H19F2N3O2S/c1-25-20(28)14-6-8-16(9-7-14)27-21(29)18-4-2-3-5-19(18)26-15-10-12-17(13-11-15)30-22(23)24/h2-13,22,26H,1H3,(H,25,28)(H,27,29). The van der Waals surface area contributed by atoms with Crippen molar-refractivity contribution < 1.29 is 18.4 Å². The Balaban J connectivity index is 1.72. The Hall–Kier alpha value is -3.39. The molecule has 0 unspecified atom stereocenters. The summed E-state index contributed by atoms with van der Waals surface area (Å²) in [6.07, 6.45) is 0. The molecule has 3 rings (SSSR count). The van der Waals surface area contributed by atoms with E-state index in [4.69, 9.17) is 0 Å². The first kappa shape index (κ1) is 21.3. The van der Waals surface area contributed by atoms with E-state index >= 15 is 0 Å². The maximum atomic E-state index is 12.8. The van der Waals surface area contributed by atoms with Crippen molar-refractivity contribution in [2.45, 2.75) is 10.7 Å². The zero-order valence-corrected chi connectivity index (χ0v) is 16.8. The summed E-state index contributed by atoms with van der Waals surface area (Å²) in [5.74, 6) is -3.00. The number of carbonyl (C=O) groups is 2. The third-order valence-electron chi connectivity index (χ3n) is 4.16. The molecular weight excluding hydrogens is 408 g/mol. The lowest BCUT2D eigenvalue weighted by atomic mass is 10.1. The number of benzene rings is 3. The second-order valence-electron chi connectivity index (χ2n) is 6.18. The maximum absolute atomic E-state index is 12.8. The van der Waals surface area contributed by atoms with Gasteiger partial charge in [-0.15, -0.1) is 0 Å². The molecule has 0 fully saturated rings. The molecule has 0 aliphatic rings. The monoisotopic (exact) mass is 427 g/mol. The van der Waals surface area contributed by atoms with Gasteiger partial charge in [0.2, 0.25) is 0 Å². The van der Waals surface area contributed by atoms with Gasteiger partial charge in [0.1, 0.15) is 0 Å². The quantitative estimate of drug-likeness (QED) is 0.444. The normalized spacial score (nSPS) is 10.5. The molecule has 0 heterocycles. The summed E-state index contributed by atoms with van der Waals surface area (Å²) in [5.41, 5.74) is 2.70. The highest BCUT2D eigenvalue weighted by Gasteiger charge is 2.12. The number of halogens is 2. The summed E-state index contributed by atoms with van der Waals surface area (Å²) in [6, 6.07) is 20.1. The molecule has 8 heteroatoms. The second-order valence-corrected chi connectivity index (χ2v) is 7.25. The van der Waals surface area contributed by atoms with Crippen molar-refractivity contribution in [1.82, 2.24) is 5.32 Å². The number of carbonyl (C=O) groups excluding carboxylic acids is 2. The minimum atomic E-state index is -2.47. The fourth-order valence-corrected chi connectivity index (χ4v) is 3.21. The van der Waals surface area contributed by atoms with Crippen molar-refractivity contribution in [2.75, 3.05) is 17.7 Å². The Morgan fingerprint density at radius 3 is 2.10 bits per heavy atom. The summed E-state index contributed by atoms with van der Waals surface area (Å²) in [6.45, 7) is 0. The molecule has 3 aromatic rings. The number of anilines is 3. The van der Waals surface area contributed by atoms with Crippen LogP contribution in [-0.2, 0) is 0 Å². The lowest BCUT2D eigenvalue weighted by molar-refractivity contribution is 0.0962. The van der Waals surface area contributed by atoms with E-state index in [1.54, 1.807) is 79.8 Å². The number of hydrogen-bond acceptors (Lipinski definition) is 4. The van der Waals surface area contributed by atoms with E-state index in [-0.39, 0.29) is 11.8 Å². The Morgan fingerprint density at radius 1 is 0.833 bits per heavy atom. The molecular formula is C22H19F2N3O2S. The van der Waals surface area contributed by atoms with Gasteiger partial charge >= 0.3 is 0 Å². The maximum Gasteiger partial charge on any atom is 0.288 e. The van der Waals surface area contributed by atoms with Crippen LogP contribution in [0.25, 0.3) is 0 Å². The van der Waals surface area contributed by atoms with Crippen molar-refractivity contribution in [3.05, 3.63) is 83.9 Å². The first-order chi connectivity index (χ1) is 14.5. The minimum Gasteiger partial charge on any atom is -0.355 e. The molecule has 0 saturated carbocycles. The van der Waals surface area contributed by atoms with Crippen LogP contribution in [0, 0.1) is 0 Å². The van der Waals surface area contributed by atoms with Crippen molar-refractivity contribution >= 4 is 40.6 Å². The van der Waals surface area contributed by atoms with E-state index in [0.717, 1.165) is 0 Å². The van der Waals surface area contributed by atoms with Crippen LogP contribution in [0.2, 0.25) is 0 Å². The van der Waals surface area contributed by atoms with Gasteiger partial charge in [0, 0.05) is 28.9 Å². The third-order valence-corrected chi connectivity index (χ3v) is 4.88. The molecule has 0 aliphatic carbocycles. The third kappa shape index (κ3) is 5.57. The van der Waals surface area contributed by atoms with Gasteiger partial charge in [-0.25, -0.2) is 0 Å². The van der Waals surface area contributed by atoms with E-state index in [2.05, 4.69) is 16.0 Å². The molecule has 154 valence electrons. The number of nitrogens with one attached hydrogen (secondary N) is 3. The molecule has 0 bridgehead atoms. The first-order valence-electron chi connectivity index (χ1n) is 9.00. The van der Waals surface area contributed by atoms with E-state index in [1.165, 1.54) is 0 Å². The summed E-state index contributed by atoms with van der Waals surface area (Å²) < 4.78 is 24.9. The Kier molecular flexibility index (Phi) is 7.03. The van der Waals surface area contributed by atoms with Crippen LogP contribution in [0.4, 0.5) is 25.8 Å². The first-order valence-corrected chi connectivity index (χ1v) is 9.88. The predicted molar refractivity (Wildman–Crippen MR) is 116 cm³/mol. The molecule has 3 N–H and O–H groups in total. The number of alkyl halides is 2. The average Bonchev–Trinajstić information content (AvgIpc) is 2.75. The highest BCUT2D eigenvalue weighted by molar-refractivity contribution is 7.99. The van der Waals surface area contributed by atoms with Crippen molar-refractivity contribution in [2.24, 2.45) is 0 Å². The number of rotatable bonds is 7. The van der Waals surface area contributed by atoms with Gasteiger partial charge in [0.05, 0.1) is 11.3 Å². The molecule has 2 amide bonds. The SMILES string of the molecule is CNC(=O)c1ccc(NC(=O)c2ccccc2Nc2ccc(SC(F)F)cc2)cc1. The summed E-state index contributed by atoms with van der Waals surface area (Å²) in [7, 11) is 1.55. The van der Waals surface area contributed by atoms with Gasteiger partial charge in [0.25, 0.3) is 17.6 Å². The molecule has 3 aromatic carbocycles. The Bertz CT molecular complexity index is 1030. The highest BCUT2D eigenvalue weighted by atomic mass is 32.2. The number of hydrogen-bond donors (Lipinski definition) is 3. The van der Waals surface area contributed by atoms with E-state index < -0.39 is 5.76 Å². The lowest BCUT2D eigenvalue weighted by Crippen LogP contribution is -2.18. The smallest absolute Gasteiger partial charge is 0.288 e. The molecule has 0 aliphatic heterocycles. The number of amides is 2. The zero-order chi connectivity index (χ0) is 21.5. The van der Waals surface area contributed by atoms with Crippen LogP contribution >= 0.6 is 11.8 Å². The van der Waals surface area contributed by atoms with E-state index in [9.17, 15) is 18.4 Å². The summed E-state index contributed by atoms with van der Waals surface area (Å²) in [5, 5.41) is 8.48. The zero-order valence-electron chi connectivity index (χ0n) is 16.0. The van der Waals surface area contributed by atoms with Gasteiger partial charge in [-0.05, 0) is 60.7 Å². The van der Waals surface area contributed by atoms with E-state index in [0.29, 0.717) is 44.8 Å². The molecule has 0 saturated heterocycles. The van der Waals surface area contributed by atoms with Gasteiger partial charge in [-0.1, -0.05) is 23.9 Å². The van der Waals surface area contributed by atoms with Gasteiger partial charge < -0.3 is 16.0 Å². The van der Waals surface area contributed by atoms with Crippen LogP contribution in [0.1, 0.15) is 20.7 Å². The number of para-hydroxylation sites is 1. The van der Waals surface area contributed by atoms with Crippen LogP contribution in [0.5, 0.6) is 0 Å². The Labute approximate surface area is 176 Å². The van der Waals surface area contributed by atoms with Crippen molar-refractivity contribution in [3.8, 4) is 0 Å². The average molecular weight is 427 g/mol. The van der Waals surface area contributed by atoms with Crippen molar-refractivity contribution in [1.29, 1.82) is 0 Å². The van der Waals surface area contributed by atoms with Gasteiger partial charge in [-0.2, -0.15) is 8.78 Å². The van der Waals surface area contributed by atoms with E-state index in [1.807, 2.05) is 0 Å². The lowest BCUT2D eigenvalue weighted by Gasteiger charge is -2.13. The molecule has 0 spiro atoms. The van der Waals surface area contributed by atoms with Crippen LogP contribution < -0.4 is 16.0 Å². The van der Waals surface area contributed by atoms with Crippen LogP contribution in [0.15, 0.2) is 77.7 Å². The van der Waals surface area contributed by atoms with Crippen molar-refractivity contribution in [3.63, 3.8) is 0 Å². The topological polar surface area (TPSA) is 70.2 Å². The highest BCUT2D eigenvalue weighted by Crippen LogP contribution is 2.28. The molecule has 0 aromatic heterocycles. The molecule has 30 heavy (non-hydrogen) atoms. The molecule has 0 radical (unpaired) electrons. The second kappa shape index (κ2) is 9.89. The fraction of sp³-hybridized carbons (Fsp3) is 0.0909. The van der Waals surface area contributed by atoms with Crippen LogP contribution in [0.3, 0.4) is 0 Å². The van der Waals surface area contributed by atoms with Gasteiger partial charge in [0.15, 0.2) is 0 Å². The Morgan fingerprint density at radius 2 is 1.47 bits per heavy atom. The summed E-state index contributed by atoms with van der Waals surface area (Å²) in [4.78, 5) is 24.8. The fourth-order valence-electron chi connectivity index (χ4n) is 2.71. The number of thioether (sulfide) groups is 1. The summed E-state index contributed by atoms with van der Waals surface area (Å²) >= 11 is 0.477. The molecule has 0 atom stereocenters. The minimum absolute atomic E-state index is 0.208. The molecule has 5 nitrogen and oxygen atoms in total. The van der Waals surface area contributed by atoms with Crippen LogP contribution in [-0.4, -0.2) is 24.6 Å². The van der Waals surface area contributed by atoms with Gasteiger partial charge in [-0.3, -0.25) is 9.59 Å². The largest absolute Gasteiger partial charge is 0.355 e. The predicted octanol–water partition coefficient (Wildman–Crippen LogP) is 5.36.